The molecule has 2 heterocycles. The molecule has 5 N–H and O–H groups in total. The molecule has 0 bridgehead atoms. The lowest BCUT2D eigenvalue weighted by atomic mass is 10.0. The Balaban J connectivity index is 1.71. The minimum atomic E-state index is -0.110. The maximum absolute atomic E-state index is 13.1. The standard InChI is InChI=1S/C27H31ClN6O4/c1-14(2)34(3)26(35)19-7-6-17(28)10-21(19)31-13-18-11-20-15(8-16-12-32-27(30)33-25(16)29)9-22(36-4)24(37-5)23(20)38-18/h6-7,9-12,14,31H,8,13H2,1-5H3,(H4,29,30,32,33). The lowest BCUT2D eigenvalue weighted by Gasteiger charge is -2.23. The summed E-state index contributed by atoms with van der Waals surface area (Å²) in [6.07, 6.45) is 2.03. The molecule has 0 fully saturated rings. The minimum Gasteiger partial charge on any atom is -0.493 e. The first kappa shape index (κ1) is 26.9. The number of nitrogens with zero attached hydrogens (tertiary/aromatic N) is 3. The van der Waals surface area contributed by atoms with Gasteiger partial charge in [-0.05, 0) is 49.7 Å². The van der Waals surface area contributed by atoms with Gasteiger partial charge in [-0.3, -0.25) is 4.79 Å². The van der Waals surface area contributed by atoms with Crippen molar-refractivity contribution in [2.45, 2.75) is 32.9 Å². The molecule has 0 saturated carbocycles. The van der Waals surface area contributed by atoms with E-state index in [1.165, 1.54) is 0 Å². The smallest absolute Gasteiger partial charge is 0.255 e. The van der Waals surface area contributed by atoms with Crippen molar-refractivity contribution < 1.29 is 18.7 Å². The lowest BCUT2D eigenvalue weighted by molar-refractivity contribution is 0.0756. The van der Waals surface area contributed by atoms with E-state index in [0.29, 0.717) is 63.5 Å². The number of anilines is 3. The Kier molecular flexibility index (Phi) is 7.82. The summed E-state index contributed by atoms with van der Waals surface area (Å²) in [6.45, 7) is 4.20. The van der Waals surface area contributed by atoms with E-state index in [1.807, 2.05) is 26.0 Å². The van der Waals surface area contributed by atoms with Crippen LogP contribution < -0.4 is 26.3 Å². The van der Waals surface area contributed by atoms with Gasteiger partial charge in [0, 0.05) is 47.4 Å². The third-order valence-electron chi connectivity index (χ3n) is 6.35. The number of rotatable bonds is 9. The van der Waals surface area contributed by atoms with Gasteiger partial charge < -0.3 is 35.6 Å². The normalized spacial score (nSPS) is 11.1. The summed E-state index contributed by atoms with van der Waals surface area (Å²) in [5, 5.41) is 4.63. The van der Waals surface area contributed by atoms with Crippen molar-refractivity contribution in [2.75, 3.05) is 38.1 Å². The average Bonchev–Trinajstić information content (AvgIpc) is 3.32. The Hall–Kier alpha value is -4.18. The Morgan fingerprint density at radius 3 is 2.58 bits per heavy atom. The van der Waals surface area contributed by atoms with Gasteiger partial charge in [0.1, 0.15) is 11.6 Å². The fraction of sp³-hybridized carbons (Fsp3) is 0.296. The second kappa shape index (κ2) is 11.1. The van der Waals surface area contributed by atoms with Gasteiger partial charge >= 0.3 is 0 Å². The molecular formula is C27H31ClN6O4. The van der Waals surface area contributed by atoms with Crippen LogP contribution >= 0.6 is 11.6 Å². The fourth-order valence-electron chi connectivity index (χ4n) is 4.07. The fourth-order valence-corrected chi connectivity index (χ4v) is 4.24. The number of methoxy groups -OCH3 is 2. The van der Waals surface area contributed by atoms with E-state index in [4.69, 9.17) is 37.0 Å². The summed E-state index contributed by atoms with van der Waals surface area (Å²) >= 11 is 6.26. The number of hydrogen-bond donors (Lipinski definition) is 3. The van der Waals surface area contributed by atoms with E-state index in [1.54, 1.807) is 50.6 Å². The Morgan fingerprint density at radius 1 is 1.16 bits per heavy atom. The summed E-state index contributed by atoms with van der Waals surface area (Å²) < 4.78 is 17.4. The van der Waals surface area contributed by atoms with Crippen molar-refractivity contribution in [3.63, 3.8) is 0 Å². The van der Waals surface area contributed by atoms with Crippen LogP contribution in [0.4, 0.5) is 17.5 Å². The van der Waals surface area contributed by atoms with E-state index >= 15 is 0 Å². The quantitative estimate of drug-likeness (QED) is 0.275. The number of furan rings is 1. The van der Waals surface area contributed by atoms with Gasteiger partial charge in [-0.2, -0.15) is 4.98 Å². The molecule has 2 aromatic heterocycles. The van der Waals surface area contributed by atoms with E-state index < -0.39 is 0 Å². The summed E-state index contributed by atoms with van der Waals surface area (Å²) in [6, 6.07) is 8.98. The van der Waals surface area contributed by atoms with Gasteiger partial charge in [-0.15, -0.1) is 0 Å². The topological polar surface area (TPSA) is 142 Å². The van der Waals surface area contributed by atoms with Crippen LogP contribution in [0, 0.1) is 0 Å². The monoisotopic (exact) mass is 538 g/mol. The molecule has 11 heteroatoms. The zero-order valence-corrected chi connectivity index (χ0v) is 22.7. The summed E-state index contributed by atoms with van der Waals surface area (Å²) in [5.74, 6) is 1.90. The Morgan fingerprint density at radius 2 is 1.92 bits per heavy atom. The summed E-state index contributed by atoms with van der Waals surface area (Å²) in [5.41, 5.74) is 15.0. The number of carbonyl (C=O) groups is 1. The van der Waals surface area contributed by atoms with Crippen LogP contribution in [0.1, 0.15) is 41.1 Å². The number of benzene rings is 2. The minimum absolute atomic E-state index is 0.0442. The van der Waals surface area contributed by atoms with Crippen LogP contribution in [0.5, 0.6) is 11.5 Å². The number of ether oxygens (including phenoxy) is 2. The number of aromatic nitrogens is 2. The van der Waals surface area contributed by atoms with E-state index in [0.717, 1.165) is 10.9 Å². The molecular weight excluding hydrogens is 508 g/mol. The molecule has 4 rings (SSSR count). The molecule has 0 aliphatic carbocycles. The molecule has 0 spiro atoms. The van der Waals surface area contributed by atoms with Gasteiger partial charge in [-0.25, -0.2) is 4.98 Å². The Labute approximate surface area is 225 Å². The number of fused-ring (bicyclic) bond motifs is 1. The summed E-state index contributed by atoms with van der Waals surface area (Å²) in [4.78, 5) is 22.9. The lowest BCUT2D eigenvalue weighted by Crippen LogP contribution is -2.33. The highest BCUT2D eigenvalue weighted by atomic mass is 35.5. The molecule has 0 aliphatic rings. The van der Waals surface area contributed by atoms with E-state index in [2.05, 4.69) is 15.3 Å². The molecule has 4 aromatic rings. The van der Waals surface area contributed by atoms with Crippen LogP contribution in [0.3, 0.4) is 0 Å². The molecule has 0 unspecified atom stereocenters. The molecule has 0 radical (unpaired) electrons. The van der Waals surface area contributed by atoms with Crippen LogP contribution in [0.25, 0.3) is 11.0 Å². The SMILES string of the molecule is COc1cc(Cc2cnc(N)nc2N)c2cc(CNc3cc(Cl)ccc3C(=O)N(C)C(C)C)oc2c1OC. The van der Waals surface area contributed by atoms with Crippen LogP contribution in [0.15, 0.2) is 40.9 Å². The number of nitrogen functional groups attached to an aromatic ring is 2. The van der Waals surface area contributed by atoms with Crippen LogP contribution in [-0.2, 0) is 13.0 Å². The molecule has 38 heavy (non-hydrogen) atoms. The first-order valence-electron chi connectivity index (χ1n) is 12.0. The van der Waals surface area contributed by atoms with Crippen molar-refractivity contribution >= 4 is 45.9 Å². The highest BCUT2D eigenvalue weighted by Crippen LogP contribution is 2.41. The predicted molar refractivity (Wildman–Crippen MR) is 149 cm³/mol. The number of carbonyl (C=O) groups excluding carboxylic acids is 1. The van der Waals surface area contributed by atoms with E-state index in [-0.39, 0.29) is 17.9 Å². The number of nitrogens with one attached hydrogen (secondary N) is 1. The van der Waals surface area contributed by atoms with Gasteiger partial charge in [-0.1, -0.05) is 11.6 Å². The van der Waals surface area contributed by atoms with Gasteiger partial charge in [0.2, 0.25) is 11.7 Å². The van der Waals surface area contributed by atoms with E-state index in [9.17, 15) is 4.79 Å². The maximum atomic E-state index is 13.1. The van der Waals surface area contributed by atoms with Crippen molar-refractivity contribution in [1.29, 1.82) is 0 Å². The molecule has 200 valence electrons. The van der Waals surface area contributed by atoms with Crippen molar-refractivity contribution in [1.82, 2.24) is 14.9 Å². The molecule has 0 atom stereocenters. The first-order valence-corrected chi connectivity index (χ1v) is 12.3. The van der Waals surface area contributed by atoms with Gasteiger partial charge in [0.25, 0.3) is 5.91 Å². The largest absolute Gasteiger partial charge is 0.493 e. The predicted octanol–water partition coefficient (Wildman–Crippen LogP) is 4.74. The zero-order valence-electron chi connectivity index (χ0n) is 22.0. The number of nitrogens with two attached hydrogens (primary N) is 2. The summed E-state index contributed by atoms with van der Waals surface area (Å²) in [7, 11) is 4.88. The van der Waals surface area contributed by atoms with Crippen LogP contribution in [-0.4, -0.2) is 48.1 Å². The molecule has 0 aliphatic heterocycles. The molecule has 1 amide bonds. The van der Waals surface area contributed by atoms with Gasteiger partial charge in [0.05, 0.1) is 26.3 Å². The van der Waals surface area contributed by atoms with Gasteiger partial charge in [0.15, 0.2) is 11.3 Å². The highest BCUT2D eigenvalue weighted by molar-refractivity contribution is 6.31. The first-order chi connectivity index (χ1) is 18.1. The third-order valence-corrected chi connectivity index (χ3v) is 6.58. The highest BCUT2D eigenvalue weighted by Gasteiger charge is 2.21. The third kappa shape index (κ3) is 5.40. The molecule has 0 saturated heterocycles. The number of hydrogen-bond acceptors (Lipinski definition) is 9. The average molecular weight is 539 g/mol. The number of amides is 1. The number of halogens is 1. The molecule has 2 aromatic carbocycles. The second-order valence-corrected chi connectivity index (χ2v) is 9.53. The molecule has 10 nitrogen and oxygen atoms in total. The van der Waals surface area contributed by atoms with Crippen molar-refractivity contribution in [3.8, 4) is 11.5 Å². The van der Waals surface area contributed by atoms with Crippen LogP contribution in [0.2, 0.25) is 5.02 Å². The van der Waals surface area contributed by atoms with Crippen molar-refractivity contribution in [2.24, 2.45) is 0 Å². The maximum Gasteiger partial charge on any atom is 0.255 e. The van der Waals surface area contributed by atoms with Crippen molar-refractivity contribution in [3.05, 3.63) is 64.0 Å². The zero-order chi connectivity index (χ0) is 27.6. The second-order valence-electron chi connectivity index (χ2n) is 9.10. The Bertz CT molecular complexity index is 1490.